The molecule has 0 bridgehead atoms. The van der Waals surface area contributed by atoms with Gasteiger partial charge in [-0.3, -0.25) is 0 Å². The summed E-state index contributed by atoms with van der Waals surface area (Å²) < 4.78 is 0. The van der Waals surface area contributed by atoms with Crippen molar-refractivity contribution in [2.24, 2.45) is 0 Å². The minimum Gasteiger partial charge on any atom is -0.381 e. The van der Waals surface area contributed by atoms with Crippen molar-refractivity contribution in [2.45, 2.75) is 38.2 Å². The Morgan fingerprint density at radius 3 is 1.88 bits per heavy atom. The molecule has 0 aromatic carbocycles. The summed E-state index contributed by atoms with van der Waals surface area (Å²) in [5.74, 6) is 0. The maximum Gasteiger partial charge on any atom is 0.108 e. The molecule has 0 aliphatic heterocycles. The fraction of sp³-hybridized carbons (Fsp3) is 0.429. The monoisotopic (exact) mass is 418 g/mol. The van der Waals surface area contributed by atoms with E-state index < -0.39 is 5.60 Å². The molecule has 1 N–H and O–H groups in total. The predicted molar refractivity (Wildman–Crippen MR) is 70.8 cm³/mol. The second-order valence-corrected chi connectivity index (χ2v) is 4.26. The van der Waals surface area contributed by atoms with Crippen LogP contribution in [0.15, 0.2) is 47.6 Å². The zero-order valence-corrected chi connectivity index (χ0v) is 14.6. The van der Waals surface area contributed by atoms with Crippen molar-refractivity contribution >= 4 is 12.4 Å². The SMILES string of the molecule is CCCC(O)(C1=CC=CC1)C1=CC=CC1.Cl.[Hf]. The van der Waals surface area contributed by atoms with Gasteiger partial charge in [-0.25, -0.2) is 0 Å². The van der Waals surface area contributed by atoms with Crippen molar-refractivity contribution in [1.29, 1.82) is 0 Å². The van der Waals surface area contributed by atoms with E-state index in [1.165, 1.54) is 0 Å². The summed E-state index contributed by atoms with van der Waals surface area (Å²) in [5.41, 5.74) is 1.61. The molecule has 0 radical (unpaired) electrons. The number of hydrogen-bond donors (Lipinski definition) is 1. The summed E-state index contributed by atoms with van der Waals surface area (Å²) in [6.45, 7) is 2.12. The third kappa shape index (κ3) is 3.52. The normalized spacial score (nSPS) is 17.3. The third-order valence-electron chi connectivity index (χ3n) is 3.22. The quantitative estimate of drug-likeness (QED) is 0.692. The minimum absolute atomic E-state index is 0. The summed E-state index contributed by atoms with van der Waals surface area (Å²) >= 11 is 0. The van der Waals surface area contributed by atoms with Crippen LogP contribution in [-0.2, 0) is 25.8 Å². The fourth-order valence-electron chi connectivity index (χ4n) is 2.40. The Hall–Kier alpha value is 0.0801. The first kappa shape index (κ1) is 17.1. The van der Waals surface area contributed by atoms with E-state index in [1.807, 2.05) is 12.2 Å². The Kier molecular flexibility index (Phi) is 7.54. The average molecular weight is 417 g/mol. The summed E-state index contributed by atoms with van der Waals surface area (Å²) in [6.07, 6.45) is 16.1. The van der Waals surface area contributed by atoms with Gasteiger partial charge in [-0.1, -0.05) is 49.8 Å². The van der Waals surface area contributed by atoms with Crippen molar-refractivity contribution in [3.05, 3.63) is 47.6 Å². The Morgan fingerprint density at radius 2 is 1.59 bits per heavy atom. The van der Waals surface area contributed by atoms with Crippen molar-refractivity contribution in [3.8, 4) is 0 Å². The zero-order valence-electron chi connectivity index (χ0n) is 10.1. The average Bonchev–Trinajstić information content (AvgIpc) is 2.92. The largest absolute Gasteiger partial charge is 0.381 e. The molecular weight excluding hydrogens is 398 g/mol. The van der Waals surface area contributed by atoms with Gasteiger partial charge in [-0.05, 0) is 30.4 Å². The summed E-state index contributed by atoms with van der Waals surface area (Å²) in [7, 11) is 0. The minimum atomic E-state index is -0.693. The smallest absolute Gasteiger partial charge is 0.108 e. The van der Waals surface area contributed by atoms with Crippen LogP contribution in [0.2, 0.25) is 0 Å². The van der Waals surface area contributed by atoms with E-state index in [1.54, 1.807) is 0 Å². The number of halogens is 1. The molecule has 2 aliphatic carbocycles. The predicted octanol–water partition coefficient (Wildman–Crippen LogP) is 3.71. The van der Waals surface area contributed by atoms with Gasteiger partial charge in [0, 0.05) is 25.8 Å². The van der Waals surface area contributed by atoms with Crippen LogP contribution in [0.5, 0.6) is 0 Å². The molecule has 17 heavy (non-hydrogen) atoms. The summed E-state index contributed by atoms with van der Waals surface area (Å²) in [4.78, 5) is 0. The molecule has 2 aliphatic rings. The van der Waals surface area contributed by atoms with Crippen LogP contribution in [0, 0.1) is 0 Å². The van der Waals surface area contributed by atoms with Crippen molar-refractivity contribution in [3.63, 3.8) is 0 Å². The molecule has 0 unspecified atom stereocenters. The summed E-state index contributed by atoms with van der Waals surface area (Å²) in [6, 6.07) is 0. The third-order valence-corrected chi connectivity index (χ3v) is 3.22. The Labute approximate surface area is 129 Å². The van der Waals surface area contributed by atoms with Crippen LogP contribution in [0.1, 0.15) is 32.6 Å². The van der Waals surface area contributed by atoms with E-state index in [2.05, 4.69) is 31.2 Å². The molecule has 0 saturated heterocycles. The second-order valence-electron chi connectivity index (χ2n) is 4.26. The van der Waals surface area contributed by atoms with E-state index in [4.69, 9.17) is 0 Å². The molecule has 92 valence electrons. The standard InChI is InChI=1S/C14H18O.ClH.Hf/c1-2-11-14(15,12-7-3-4-8-12)13-9-5-6-10-13;;/h3-7,9,15H,2,8,10-11H2,1H3;1H;. The van der Waals surface area contributed by atoms with E-state index in [0.29, 0.717) is 0 Å². The number of hydrogen-bond acceptors (Lipinski definition) is 1. The van der Waals surface area contributed by atoms with Gasteiger partial charge in [0.05, 0.1) is 0 Å². The van der Waals surface area contributed by atoms with Crippen LogP contribution in [0.25, 0.3) is 0 Å². The Morgan fingerprint density at radius 1 is 1.12 bits per heavy atom. The number of allylic oxidation sites excluding steroid dienone is 6. The van der Waals surface area contributed by atoms with Gasteiger partial charge in [-0.2, -0.15) is 0 Å². The Balaban J connectivity index is 0.00000128. The molecule has 0 amide bonds. The number of rotatable bonds is 4. The molecule has 2 rings (SSSR count). The van der Waals surface area contributed by atoms with E-state index in [-0.39, 0.29) is 38.3 Å². The summed E-state index contributed by atoms with van der Waals surface area (Å²) in [5, 5.41) is 10.8. The van der Waals surface area contributed by atoms with Gasteiger partial charge in [-0.15, -0.1) is 12.4 Å². The molecule has 0 saturated carbocycles. The van der Waals surface area contributed by atoms with E-state index >= 15 is 0 Å². The second kappa shape index (κ2) is 7.50. The molecule has 3 heteroatoms. The van der Waals surface area contributed by atoms with Crippen LogP contribution < -0.4 is 0 Å². The fourth-order valence-corrected chi connectivity index (χ4v) is 2.40. The molecule has 0 atom stereocenters. The van der Waals surface area contributed by atoms with Gasteiger partial charge in [0.2, 0.25) is 0 Å². The van der Waals surface area contributed by atoms with Crippen molar-refractivity contribution in [1.82, 2.24) is 0 Å². The van der Waals surface area contributed by atoms with Crippen molar-refractivity contribution < 1.29 is 30.9 Å². The molecule has 0 spiro atoms. The first-order chi connectivity index (χ1) is 7.27. The van der Waals surface area contributed by atoms with Crippen molar-refractivity contribution in [2.75, 3.05) is 0 Å². The molecular formula is C14H19ClHfO. The van der Waals surface area contributed by atoms with Crippen LogP contribution >= 0.6 is 12.4 Å². The first-order valence-corrected chi connectivity index (χ1v) is 5.72. The van der Waals surface area contributed by atoms with Crippen LogP contribution in [0.4, 0.5) is 0 Å². The topological polar surface area (TPSA) is 20.2 Å². The zero-order chi connectivity index (χ0) is 10.7. The molecule has 0 aromatic rings. The van der Waals surface area contributed by atoms with Gasteiger partial charge >= 0.3 is 0 Å². The van der Waals surface area contributed by atoms with Crippen LogP contribution in [-0.4, -0.2) is 10.7 Å². The van der Waals surface area contributed by atoms with E-state index in [0.717, 1.165) is 36.8 Å². The van der Waals surface area contributed by atoms with Gasteiger partial charge in [0.25, 0.3) is 0 Å². The Bertz CT molecular complexity index is 336. The molecule has 0 aromatic heterocycles. The molecule has 0 fully saturated rings. The van der Waals surface area contributed by atoms with Gasteiger partial charge in [0.15, 0.2) is 0 Å². The molecule has 0 heterocycles. The maximum atomic E-state index is 10.8. The van der Waals surface area contributed by atoms with E-state index in [9.17, 15) is 5.11 Å². The molecule has 1 nitrogen and oxygen atoms in total. The first-order valence-electron chi connectivity index (χ1n) is 5.72. The number of aliphatic hydroxyl groups is 1. The maximum absolute atomic E-state index is 10.8. The van der Waals surface area contributed by atoms with Crippen LogP contribution in [0.3, 0.4) is 0 Å². The van der Waals surface area contributed by atoms with Gasteiger partial charge in [0.1, 0.15) is 5.60 Å². The van der Waals surface area contributed by atoms with Gasteiger partial charge < -0.3 is 5.11 Å².